The second kappa shape index (κ2) is 6.54. The average molecular weight is 294 g/mol. The highest BCUT2D eigenvalue weighted by molar-refractivity contribution is 6.32. The molecule has 20 heavy (non-hydrogen) atoms. The second-order valence-corrected chi connectivity index (χ2v) is 4.51. The van der Waals surface area contributed by atoms with Gasteiger partial charge in [0.15, 0.2) is 5.82 Å². The molecule has 0 aliphatic carbocycles. The predicted octanol–water partition coefficient (Wildman–Crippen LogP) is 2.99. The SMILES string of the molecule is CNc1cc(COC)nc(-c2ccc(OC)c(Cl)c2)n1. The van der Waals surface area contributed by atoms with E-state index in [1.807, 2.05) is 19.2 Å². The van der Waals surface area contributed by atoms with Crippen LogP contribution in [0.2, 0.25) is 5.02 Å². The van der Waals surface area contributed by atoms with Gasteiger partial charge in [0.25, 0.3) is 0 Å². The predicted molar refractivity (Wildman–Crippen MR) is 79.3 cm³/mol. The molecule has 6 heteroatoms. The van der Waals surface area contributed by atoms with Gasteiger partial charge in [-0.25, -0.2) is 9.97 Å². The van der Waals surface area contributed by atoms with Crippen molar-refractivity contribution in [3.8, 4) is 17.1 Å². The number of ether oxygens (including phenoxy) is 2. The van der Waals surface area contributed by atoms with E-state index in [2.05, 4.69) is 15.3 Å². The molecule has 0 bridgehead atoms. The minimum absolute atomic E-state index is 0.425. The summed E-state index contributed by atoms with van der Waals surface area (Å²) in [7, 11) is 5.02. The highest BCUT2D eigenvalue weighted by Gasteiger charge is 2.09. The number of anilines is 1. The van der Waals surface area contributed by atoms with Gasteiger partial charge in [0.1, 0.15) is 11.6 Å². The molecule has 106 valence electrons. The first-order valence-corrected chi connectivity index (χ1v) is 6.44. The molecule has 1 aromatic heterocycles. The molecule has 1 aromatic carbocycles. The third-order valence-electron chi connectivity index (χ3n) is 2.74. The van der Waals surface area contributed by atoms with Crippen LogP contribution in [-0.4, -0.2) is 31.2 Å². The molecule has 0 fully saturated rings. The average Bonchev–Trinajstić information content (AvgIpc) is 2.47. The molecule has 5 nitrogen and oxygen atoms in total. The lowest BCUT2D eigenvalue weighted by Gasteiger charge is -2.09. The van der Waals surface area contributed by atoms with Crippen molar-refractivity contribution in [2.24, 2.45) is 0 Å². The van der Waals surface area contributed by atoms with Gasteiger partial charge >= 0.3 is 0 Å². The fraction of sp³-hybridized carbons (Fsp3) is 0.286. The summed E-state index contributed by atoms with van der Waals surface area (Å²) >= 11 is 6.13. The Kier molecular flexibility index (Phi) is 4.76. The molecule has 0 saturated carbocycles. The Hall–Kier alpha value is -1.85. The molecule has 0 amide bonds. The largest absolute Gasteiger partial charge is 0.495 e. The van der Waals surface area contributed by atoms with Crippen molar-refractivity contribution < 1.29 is 9.47 Å². The topological polar surface area (TPSA) is 56.3 Å². The lowest BCUT2D eigenvalue weighted by atomic mass is 10.2. The molecular formula is C14H16ClN3O2. The summed E-state index contributed by atoms with van der Waals surface area (Å²) < 4.78 is 10.3. The summed E-state index contributed by atoms with van der Waals surface area (Å²) in [5.74, 6) is 1.94. The van der Waals surface area contributed by atoms with E-state index >= 15 is 0 Å². The molecule has 0 atom stereocenters. The summed E-state index contributed by atoms with van der Waals surface area (Å²) in [6, 6.07) is 7.29. The van der Waals surface area contributed by atoms with Gasteiger partial charge in [-0.15, -0.1) is 0 Å². The first-order valence-electron chi connectivity index (χ1n) is 6.06. The molecule has 0 aliphatic heterocycles. The zero-order chi connectivity index (χ0) is 14.5. The van der Waals surface area contributed by atoms with Crippen molar-refractivity contribution >= 4 is 17.4 Å². The van der Waals surface area contributed by atoms with Crippen LogP contribution in [0.15, 0.2) is 24.3 Å². The van der Waals surface area contributed by atoms with E-state index in [1.165, 1.54) is 0 Å². The third-order valence-corrected chi connectivity index (χ3v) is 3.03. The number of nitrogens with zero attached hydrogens (tertiary/aromatic N) is 2. The Morgan fingerprint density at radius 3 is 2.60 bits per heavy atom. The van der Waals surface area contributed by atoms with Gasteiger partial charge < -0.3 is 14.8 Å². The van der Waals surface area contributed by atoms with Crippen LogP contribution >= 0.6 is 11.6 Å². The van der Waals surface area contributed by atoms with Crippen LogP contribution in [0.25, 0.3) is 11.4 Å². The molecule has 2 aromatic rings. The van der Waals surface area contributed by atoms with Crippen LogP contribution in [0.4, 0.5) is 5.82 Å². The quantitative estimate of drug-likeness (QED) is 0.918. The highest BCUT2D eigenvalue weighted by atomic mass is 35.5. The number of rotatable bonds is 5. The van der Waals surface area contributed by atoms with E-state index in [1.54, 1.807) is 26.4 Å². The maximum Gasteiger partial charge on any atom is 0.161 e. The van der Waals surface area contributed by atoms with Gasteiger partial charge in [-0.05, 0) is 18.2 Å². The Morgan fingerprint density at radius 2 is 2.00 bits per heavy atom. The van der Waals surface area contributed by atoms with Crippen LogP contribution < -0.4 is 10.1 Å². The van der Waals surface area contributed by atoms with Gasteiger partial charge in [0.2, 0.25) is 0 Å². The summed E-state index contributed by atoms with van der Waals surface area (Å²) in [5.41, 5.74) is 1.62. The molecule has 0 radical (unpaired) electrons. The highest BCUT2D eigenvalue weighted by Crippen LogP contribution is 2.29. The van der Waals surface area contributed by atoms with Gasteiger partial charge in [0.05, 0.1) is 24.4 Å². The summed E-state index contributed by atoms with van der Waals surface area (Å²) in [5, 5.41) is 3.53. The third kappa shape index (κ3) is 3.18. The van der Waals surface area contributed by atoms with Crippen molar-refractivity contribution in [2.45, 2.75) is 6.61 Å². The van der Waals surface area contributed by atoms with Crippen molar-refractivity contribution in [1.82, 2.24) is 9.97 Å². The maximum absolute atomic E-state index is 6.13. The molecule has 1 N–H and O–H groups in total. The Bertz CT molecular complexity index is 605. The number of hydrogen-bond acceptors (Lipinski definition) is 5. The monoisotopic (exact) mass is 293 g/mol. The molecule has 1 heterocycles. The van der Waals surface area contributed by atoms with Crippen LogP contribution in [0.1, 0.15) is 5.69 Å². The minimum Gasteiger partial charge on any atom is -0.495 e. The van der Waals surface area contributed by atoms with Crippen molar-refractivity contribution in [1.29, 1.82) is 0 Å². The van der Waals surface area contributed by atoms with Gasteiger partial charge in [0, 0.05) is 25.8 Å². The zero-order valence-corrected chi connectivity index (χ0v) is 12.4. The van der Waals surface area contributed by atoms with E-state index in [-0.39, 0.29) is 0 Å². The number of aromatic nitrogens is 2. The number of benzene rings is 1. The number of methoxy groups -OCH3 is 2. The fourth-order valence-electron chi connectivity index (χ4n) is 1.78. The molecule has 0 unspecified atom stereocenters. The maximum atomic E-state index is 6.13. The van der Waals surface area contributed by atoms with E-state index in [0.29, 0.717) is 23.2 Å². The summed E-state index contributed by atoms with van der Waals surface area (Å²) in [4.78, 5) is 8.89. The number of hydrogen-bond donors (Lipinski definition) is 1. The van der Waals surface area contributed by atoms with E-state index < -0.39 is 0 Å². The molecular weight excluding hydrogens is 278 g/mol. The smallest absolute Gasteiger partial charge is 0.161 e. The van der Waals surface area contributed by atoms with Gasteiger partial charge in [-0.3, -0.25) is 0 Å². The standard InChI is InChI=1S/C14H16ClN3O2/c1-16-13-7-10(8-19-2)17-14(18-13)9-4-5-12(20-3)11(15)6-9/h4-7H,8H2,1-3H3,(H,16,17,18). The van der Waals surface area contributed by atoms with E-state index in [9.17, 15) is 0 Å². The summed E-state index contributed by atoms with van der Waals surface area (Å²) in [6.45, 7) is 0.425. The van der Waals surface area contributed by atoms with Gasteiger partial charge in [-0.2, -0.15) is 0 Å². The summed E-state index contributed by atoms with van der Waals surface area (Å²) in [6.07, 6.45) is 0. The second-order valence-electron chi connectivity index (χ2n) is 4.10. The van der Waals surface area contributed by atoms with E-state index in [0.717, 1.165) is 17.1 Å². The number of halogens is 1. The Balaban J connectivity index is 2.45. The normalized spacial score (nSPS) is 10.4. The first-order chi connectivity index (χ1) is 9.67. The fourth-order valence-corrected chi connectivity index (χ4v) is 2.04. The van der Waals surface area contributed by atoms with Crippen LogP contribution in [0, 0.1) is 0 Å². The Labute approximate surface area is 122 Å². The molecule has 2 rings (SSSR count). The minimum atomic E-state index is 0.425. The zero-order valence-electron chi connectivity index (χ0n) is 11.6. The number of nitrogens with one attached hydrogen (secondary N) is 1. The van der Waals surface area contributed by atoms with Crippen LogP contribution in [0.3, 0.4) is 0 Å². The van der Waals surface area contributed by atoms with Crippen molar-refractivity contribution in [3.63, 3.8) is 0 Å². The van der Waals surface area contributed by atoms with Crippen LogP contribution in [0.5, 0.6) is 5.75 Å². The van der Waals surface area contributed by atoms with Crippen molar-refractivity contribution in [2.75, 3.05) is 26.6 Å². The molecule has 0 spiro atoms. The molecule has 0 saturated heterocycles. The first kappa shape index (κ1) is 14.6. The Morgan fingerprint density at radius 1 is 1.20 bits per heavy atom. The van der Waals surface area contributed by atoms with Crippen LogP contribution in [-0.2, 0) is 11.3 Å². The lowest BCUT2D eigenvalue weighted by Crippen LogP contribution is -2.02. The molecule has 0 aliphatic rings. The van der Waals surface area contributed by atoms with Gasteiger partial charge in [-0.1, -0.05) is 11.6 Å². The van der Waals surface area contributed by atoms with Crippen molar-refractivity contribution in [3.05, 3.63) is 35.0 Å². The lowest BCUT2D eigenvalue weighted by molar-refractivity contribution is 0.181. The van der Waals surface area contributed by atoms with E-state index in [4.69, 9.17) is 21.1 Å².